The Bertz CT molecular complexity index is 517. The second kappa shape index (κ2) is 7.41. The first-order valence-corrected chi connectivity index (χ1v) is 8.65. The monoisotopic (exact) mass is 319 g/mol. The molecule has 1 amide bonds. The van der Waals surface area contributed by atoms with Crippen molar-refractivity contribution in [2.75, 3.05) is 26.2 Å². The second-order valence-electron chi connectivity index (χ2n) is 6.79. The van der Waals surface area contributed by atoms with Crippen molar-refractivity contribution in [1.82, 2.24) is 15.5 Å². The highest BCUT2D eigenvalue weighted by atomic mass is 19.1. The standard InChI is InChI=1S/C18H26FN3O/c19-16-6-4-15(5-7-16)12-21-17(23)13-22-11-10-20-14-18(22)8-2-1-3-9-18/h4-7,20H,1-3,8-14H2,(H,21,23). The maximum atomic E-state index is 12.9. The number of rotatable bonds is 4. The van der Waals surface area contributed by atoms with E-state index in [1.807, 2.05) is 0 Å². The molecule has 0 unspecified atom stereocenters. The molecule has 0 bridgehead atoms. The minimum Gasteiger partial charge on any atom is -0.351 e. The number of hydrogen-bond donors (Lipinski definition) is 2. The number of nitrogens with zero attached hydrogens (tertiary/aromatic N) is 1. The zero-order valence-corrected chi connectivity index (χ0v) is 13.6. The van der Waals surface area contributed by atoms with Crippen molar-refractivity contribution < 1.29 is 9.18 Å². The van der Waals surface area contributed by atoms with Crippen LogP contribution in [0.4, 0.5) is 4.39 Å². The Labute approximate surface area is 137 Å². The van der Waals surface area contributed by atoms with Crippen LogP contribution < -0.4 is 10.6 Å². The molecule has 5 heteroatoms. The fourth-order valence-electron chi connectivity index (χ4n) is 3.87. The van der Waals surface area contributed by atoms with Gasteiger partial charge < -0.3 is 10.6 Å². The van der Waals surface area contributed by atoms with Crippen LogP contribution in [-0.2, 0) is 11.3 Å². The number of carbonyl (C=O) groups is 1. The molecule has 1 aromatic rings. The van der Waals surface area contributed by atoms with Crippen LogP contribution in [0.2, 0.25) is 0 Å². The Morgan fingerprint density at radius 3 is 2.70 bits per heavy atom. The van der Waals surface area contributed by atoms with Crippen LogP contribution in [0.5, 0.6) is 0 Å². The molecule has 2 fully saturated rings. The summed E-state index contributed by atoms with van der Waals surface area (Å²) in [5, 5.41) is 6.47. The van der Waals surface area contributed by atoms with Gasteiger partial charge in [-0.05, 0) is 30.5 Å². The number of piperazine rings is 1. The average molecular weight is 319 g/mol. The van der Waals surface area contributed by atoms with Gasteiger partial charge in [0.1, 0.15) is 5.82 Å². The lowest BCUT2D eigenvalue weighted by Gasteiger charge is -2.49. The van der Waals surface area contributed by atoms with Crippen molar-refractivity contribution in [2.24, 2.45) is 0 Å². The van der Waals surface area contributed by atoms with Crippen LogP contribution in [0.1, 0.15) is 37.7 Å². The summed E-state index contributed by atoms with van der Waals surface area (Å²) < 4.78 is 12.9. The highest BCUT2D eigenvalue weighted by Crippen LogP contribution is 2.34. The van der Waals surface area contributed by atoms with E-state index in [4.69, 9.17) is 0 Å². The smallest absolute Gasteiger partial charge is 0.234 e. The summed E-state index contributed by atoms with van der Waals surface area (Å²) in [6.07, 6.45) is 6.20. The molecular weight excluding hydrogens is 293 g/mol. The van der Waals surface area contributed by atoms with Gasteiger partial charge in [0.15, 0.2) is 0 Å². The molecule has 1 aliphatic heterocycles. The number of halogens is 1. The lowest BCUT2D eigenvalue weighted by atomic mass is 9.79. The predicted molar refractivity (Wildman–Crippen MR) is 88.5 cm³/mol. The number of benzene rings is 1. The van der Waals surface area contributed by atoms with Crippen molar-refractivity contribution in [3.8, 4) is 0 Å². The summed E-state index contributed by atoms with van der Waals surface area (Å²) in [7, 11) is 0. The molecule has 1 aromatic carbocycles. The number of hydrogen-bond acceptors (Lipinski definition) is 3. The third kappa shape index (κ3) is 4.09. The highest BCUT2D eigenvalue weighted by molar-refractivity contribution is 5.78. The molecule has 1 aliphatic carbocycles. The first kappa shape index (κ1) is 16.4. The molecule has 1 heterocycles. The van der Waals surface area contributed by atoms with E-state index in [1.54, 1.807) is 12.1 Å². The summed E-state index contributed by atoms with van der Waals surface area (Å²) in [6.45, 7) is 3.80. The predicted octanol–water partition coefficient (Wildman–Crippen LogP) is 2.05. The SMILES string of the molecule is O=C(CN1CCNCC12CCCCC2)NCc1ccc(F)cc1. The zero-order valence-electron chi connectivity index (χ0n) is 13.6. The van der Waals surface area contributed by atoms with Crippen LogP contribution >= 0.6 is 0 Å². The molecule has 0 atom stereocenters. The number of carbonyl (C=O) groups excluding carboxylic acids is 1. The molecule has 2 aliphatic rings. The number of amides is 1. The maximum absolute atomic E-state index is 12.9. The van der Waals surface area contributed by atoms with E-state index in [9.17, 15) is 9.18 Å². The molecule has 4 nitrogen and oxygen atoms in total. The maximum Gasteiger partial charge on any atom is 0.234 e. The number of nitrogens with one attached hydrogen (secondary N) is 2. The van der Waals surface area contributed by atoms with Crippen molar-refractivity contribution in [3.63, 3.8) is 0 Å². The minimum atomic E-state index is -0.250. The van der Waals surface area contributed by atoms with Crippen molar-refractivity contribution >= 4 is 5.91 Å². The molecule has 3 rings (SSSR count). The Morgan fingerprint density at radius 1 is 1.22 bits per heavy atom. The van der Waals surface area contributed by atoms with E-state index >= 15 is 0 Å². The lowest BCUT2D eigenvalue weighted by molar-refractivity contribution is -0.125. The van der Waals surface area contributed by atoms with Crippen LogP contribution in [0, 0.1) is 5.82 Å². The van der Waals surface area contributed by atoms with E-state index in [0.29, 0.717) is 13.1 Å². The van der Waals surface area contributed by atoms with E-state index in [2.05, 4.69) is 15.5 Å². The minimum absolute atomic E-state index is 0.0566. The molecular formula is C18H26FN3O. The van der Waals surface area contributed by atoms with E-state index in [1.165, 1.54) is 44.2 Å². The Morgan fingerprint density at radius 2 is 1.96 bits per heavy atom. The van der Waals surface area contributed by atoms with Crippen molar-refractivity contribution in [1.29, 1.82) is 0 Å². The third-order valence-corrected chi connectivity index (χ3v) is 5.21. The highest BCUT2D eigenvalue weighted by Gasteiger charge is 2.40. The van der Waals surface area contributed by atoms with E-state index in [0.717, 1.165) is 25.2 Å². The molecule has 1 saturated heterocycles. The van der Waals surface area contributed by atoms with Gasteiger partial charge in [-0.25, -0.2) is 4.39 Å². The first-order valence-electron chi connectivity index (χ1n) is 8.65. The fraction of sp³-hybridized carbons (Fsp3) is 0.611. The molecule has 126 valence electrons. The first-order chi connectivity index (χ1) is 11.2. The Kier molecular flexibility index (Phi) is 5.28. The van der Waals surface area contributed by atoms with Gasteiger partial charge in [-0.15, -0.1) is 0 Å². The van der Waals surface area contributed by atoms with Gasteiger partial charge in [-0.3, -0.25) is 9.69 Å². The molecule has 23 heavy (non-hydrogen) atoms. The van der Waals surface area contributed by atoms with Gasteiger partial charge in [-0.1, -0.05) is 31.4 Å². The average Bonchev–Trinajstić information content (AvgIpc) is 2.57. The van der Waals surface area contributed by atoms with Gasteiger partial charge in [-0.2, -0.15) is 0 Å². The topological polar surface area (TPSA) is 44.4 Å². The summed E-state index contributed by atoms with van der Waals surface area (Å²) in [4.78, 5) is 14.7. The third-order valence-electron chi connectivity index (χ3n) is 5.21. The molecule has 1 saturated carbocycles. The van der Waals surface area contributed by atoms with Crippen LogP contribution in [0.3, 0.4) is 0 Å². The van der Waals surface area contributed by atoms with Gasteiger partial charge in [0.2, 0.25) is 5.91 Å². The summed E-state index contributed by atoms with van der Waals surface area (Å²) in [5.41, 5.74) is 1.09. The summed E-state index contributed by atoms with van der Waals surface area (Å²) >= 11 is 0. The molecule has 0 aromatic heterocycles. The van der Waals surface area contributed by atoms with E-state index in [-0.39, 0.29) is 17.3 Å². The summed E-state index contributed by atoms with van der Waals surface area (Å²) in [6, 6.07) is 6.27. The van der Waals surface area contributed by atoms with E-state index < -0.39 is 0 Å². The van der Waals surface area contributed by atoms with Gasteiger partial charge in [0.25, 0.3) is 0 Å². The van der Waals surface area contributed by atoms with Crippen molar-refractivity contribution in [3.05, 3.63) is 35.6 Å². The van der Waals surface area contributed by atoms with Crippen molar-refractivity contribution in [2.45, 2.75) is 44.2 Å². The van der Waals surface area contributed by atoms with Gasteiger partial charge in [0.05, 0.1) is 6.54 Å². The largest absolute Gasteiger partial charge is 0.351 e. The Balaban J connectivity index is 1.54. The normalized spacial score (nSPS) is 21.3. The molecule has 2 N–H and O–H groups in total. The van der Waals surface area contributed by atoms with Gasteiger partial charge >= 0.3 is 0 Å². The second-order valence-corrected chi connectivity index (χ2v) is 6.79. The lowest BCUT2D eigenvalue weighted by Crippen LogP contribution is -2.63. The quantitative estimate of drug-likeness (QED) is 0.893. The zero-order chi connectivity index (χ0) is 16.1. The van der Waals surface area contributed by atoms with Gasteiger partial charge in [0, 0.05) is 31.7 Å². The Hall–Kier alpha value is -1.46. The summed E-state index contributed by atoms with van der Waals surface area (Å²) in [5.74, 6) is -0.193. The van der Waals surface area contributed by atoms with Crippen LogP contribution in [0.25, 0.3) is 0 Å². The fourth-order valence-corrected chi connectivity index (χ4v) is 3.87. The molecule has 1 spiro atoms. The molecule has 0 radical (unpaired) electrons. The van der Waals surface area contributed by atoms with Crippen LogP contribution in [0.15, 0.2) is 24.3 Å². The van der Waals surface area contributed by atoms with Crippen LogP contribution in [-0.4, -0.2) is 42.5 Å².